The molecular formula is C14H18O. The summed E-state index contributed by atoms with van der Waals surface area (Å²) < 4.78 is 5.23. The highest BCUT2D eigenvalue weighted by Crippen LogP contribution is 2.33. The molecular weight excluding hydrogens is 184 g/mol. The lowest BCUT2D eigenvalue weighted by atomic mass is 10.0. The summed E-state index contributed by atoms with van der Waals surface area (Å²) >= 11 is 0. The van der Waals surface area contributed by atoms with Crippen LogP contribution in [0, 0.1) is 0 Å². The molecule has 0 atom stereocenters. The first-order chi connectivity index (χ1) is 7.35. The molecule has 0 saturated heterocycles. The predicted octanol–water partition coefficient (Wildman–Crippen LogP) is 3.82. The van der Waals surface area contributed by atoms with Gasteiger partial charge in [-0.15, -0.1) is 0 Å². The Balaban J connectivity index is 2.18. The Bertz CT molecular complexity index is 377. The Kier molecular flexibility index (Phi) is 3.10. The summed E-state index contributed by atoms with van der Waals surface area (Å²) in [5.74, 6) is 0.971. The van der Waals surface area contributed by atoms with Crippen LogP contribution in [0.2, 0.25) is 0 Å². The van der Waals surface area contributed by atoms with E-state index in [1.807, 2.05) is 0 Å². The Morgan fingerprint density at radius 3 is 2.93 bits per heavy atom. The normalized spacial score (nSPS) is 13.6. The van der Waals surface area contributed by atoms with E-state index in [0.717, 1.165) is 12.2 Å². The molecule has 0 amide bonds. The number of methoxy groups -OCH3 is 1. The van der Waals surface area contributed by atoms with Crippen molar-refractivity contribution in [2.45, 2.75) is 32.6 Å². The molecule has 0 radical (unpaired) electrons. The minimum absolute atomic E-state index is 0.971. The zero-order valence-electron chi connectivity index (χ0n) is 9.55. The highest BCUT2D eigenvalue weighted by molar-refractivity contribution is 5.73. The van der Waals surface area contributed by atoms with Gasteiger partial charge < -0.3 is 4.74 Å². The molecule has 0 heterocycles. The van der Waals surface area contributed by atoms with E-state index >= 15 is 0 Å². The molecule has 1 aliphatic rings. The van der Waals surface area contributed by atoms with Crippen LogP contribution in [-0.2, 0) is 6.42 Å². The third kappa shape index (κ3) is 2.06. The van der Waals surface area contributed by atoms with E-state index < -0.39 is 0 Å². The summed E-state index contributed by atoms with van der Waals surface area (Å²) in [4.78, 5) is 0. The van der Waals surface area contributed by atoms with Crippen LogP contribution >= 0.6 is 0 Å². The van der Waals surface area contributed by atoms with Gasteiger partial charge in [-0.05, 0) is 48.1 Å². The van der Waals surface area contributed by atoms with Crippen molar-refractivity contribution in [2.24, 2.45) is 0 Å². The van der Waals surface area contributed by atoms with Crippen molar-refractivity contribution in [1.29, 1.82) is 0 Å². The summed E-state index contributed by atoms with van der Waals surface area (Å²) in [6.45, 7) is 2.24. The molecule has 0 fully saturated rings. The fourth-order valence-corrected chi connectivity index (χ4v) is 2.13. The number of ether oxygens (including phenoxy) is 1. The molecule has 1 aromatic rings. The quantitative estimate of drug-likeness (QED) is 0.721. The predicted molar refractivity (Wildman–Crippen MR) is 64.2 cm³/mol. The highest BCUT2D eigenvalue weighted by Gasteiger charge is 2.13. The monoisotopic (exact) mass is 202 g/mol. The van der Waals surface area contributed by atoms with Gasteiger partial charge in [0, 0.05) is 0 Å². The largest absolute Gasteiger partial charge is 0.497 e. The lowest BCUT2D eigenvalue weighted by molar-refractivity contribution is 0.414. The second-order valence-electron chi connectivity index (χ2n) is 4.06. The maximum absolute atomic E-state index is 5.23. The fraction of sp³-hybridized carbons (Fsp3) is 0.429. The van der Waals surface area contributed by atoms with Gasteiger partial charge in [-0.25, -0.2) is 0 Å². The molecule has 0 aliphatic heterocycles. The highest BCUT2D eigenvalue weighted by atomic mass is 16.5. The van der Waals surface area contributed by atoms with Crippen LogP contribution in [0.15, 0.2) is 24.3 Å². The molecule has 80 valence electrons. The number of hydrogen-bond donors (Lipinski definition) is 0. The molecule has 0 aromatic heterocycles. The molecule has 15 heavy (non-hydrogen) atoms. The Hall–Kier alpha value is -1.24. The number of benzene rings is 1. The molecule has 1 aromatic carbocycles. The van der Waals surface area contributed by atoms with Crippen molar-refractivity contribution >= 4 is 5.57 Å². The minimum Gasteiger partial charge on any atom is -0.497 e. The van der Waals surface area contributed by atoms with Crippen LogP contribution in [0.3, 0.4) is 0 Å². The van der Waals surface area contributed by atoms with Crippen molar-refractivity contribution in [3.63, 3.8) is 0 Å². The van der Waals surface area contributed by atoms with Gasteiger partial charge in [0.2, 0.25) is 0 Å². The van der Waals surface area contributed by atoms with E-state index in [-0.39, 0.29) is 0 Å². The molecule has 0 N–H and O–H groups in total. The smallest absolute Gasteiger partial charge is 0.119 e. The maximum Gasteiger partial charge on any atom is 0.119 e. The fourth-order valence-electron chi connectivity index (χ4n) is 2.13. The Morgan fingerprint density at radius 2 is 2.20 bits per heavy atom. The summed E-state index contributed by atoms with van der Waals surface area (Å²) in [5, 5.41) is 0. The van der Waals surface area contributed by atoms with Gasteiger partial charge in [0.15, 0.2) is 0 Å². The summed E-state index contributed by atoms with van der Waals surface area (Å²) in [6.07, 6.45) is 7.21. The summed E-state index contributed by atoms with van der Waals surface area (Å²) in [5.41, 5.74) is 4.37. The first-order valence-electron chi connectivity index (χ1n) is 5.71. The third-order valence-corrected chi connectivity index (χ3v) is 3.03. The molecule has 1 heteroatoms. The average molecular weight is 202 g/mol. The summed E-state index contributed by atoms with van der Waals surface area (Å²) in [7, 11) is 1.72. The molecule has 0 spiro atoms. The number of allylic oxidation sites excluding steroid dienone is 2. The number of unbranched alkanes of at least 4 members (excludes halogenated alkanes) is 1. The van der Waals surface area contributed by atoms with Crippen molar-refractivity contribution in [2.75, 3.05) is 7.11 Å². The Labute approximate surface area is 91.8 Å². The molecule has 1 aliphatic carbocycles. The molecule has 2 rings (SSSR count). The third-order valence-electron chi connectivity index (χ3n) is 3.03. The lowest BCUT2D eigenvalue weighted by Crippen LogP contribution is -1.88. The van der Waals surface area contributed by atoms with Crippen molar-refractivity contribution in [3.8, 4) is 5.75 Å². The van der Waals surface area contributed by atoms with Crippen LogP contribution in [0.25, 0.3) is 5.57 Å². The van der Waals surface area contributed by atoms with Gasteiger partial charge in [-0.1, -0.05) is 25.5 Å². The topological polar surface area (TPSA) is 9.23 Å². The first-order valence-corrected chi connectivity index (χ1v) is 5.71. The second kappa shape index (κ2) is 4.52. The lowest BCUT2D eigenvalue weighted by Gasteiger charge is -2.07. The number of fused-ring (bicyclic) bond motifs is 1. The van der Waals surface area contributed by atoms with Gasteiger partial charge in [-0.3, -0.25) is 0 Å². The second-order valence-corrected chi connectivity index (χ2v) is 4.06. The van der Waals surface area contributed by atoms with E-state index in [9.17, 15) is 0 Å². The van der Waals surface area contributed by atoms with Gasteiger partial charge in [0.1, 0.15) is 5.75 Å². The van der Waals surface area contributed by atoms with Crippen molar-refractivity contribution in [1.82, 2.24) is 0 Å². The van der Waals surface area contributed by atoms with E-state index in [4.69, 9.17) is 4.74 Å². The van der Waals surface area contributed by atoms with Crippen LogP contribution in [0.4, 0.5) is 0 Å². The number of rotatable bonds is 4. The van der Waals surface area contributed by atoms with Gasteiger partial charge in [0.05, 0.1) is 7.11 Å². The summed E-state index contributed by atoms with van der Waals surface area (Å²) in [6, 6.07) is 6.41. The SMILES string of the molecule is CCCCC1=CCc2cc(OC)ccc21. The maximum atomic E-state index is 5.23. The molecule has 0 saturated carbocycles. The van der Waals surface area contributed by atoms with Crippen LogP contribution < -0.4 is 4.74 Å². The van der Waals surface area contributed by atoms with E-state index in [1.165, 1.54) is 36.0 Å². The standard InChI is InChI=1S/C14H18O/c1-3-4-5-11-6-7-12-10-13(15-2)8-9-14(11)12/h6,8-10H,3-5,7H2,1-2H3. The van der Waals surface area contributed by atoms with Crippen molar-refractivity contribution in [3.05, 3.63) is 35.4 Å². The van der Waals surface area contributed by atoms with Gasteiger partial charge >= 0.3 is 0 Å². The number of hydrogen-bond acceptors (Lipinski definition) is 1. The first kappa shape index (κ1) is 10.3. The minimum atomic E-state index is 0.971. The zero-order chi connectivity index (χ0) is 10.7. The van der Waals surface area contributed by atoms with E-state index in [2.05, 4.69) is 31.2 Å². The zero-order valence-corrected chi connectivity index (χ0v) is 9.55. The van der Waals surface area contributed by atoms with Crippen LogP contribution in [0.1, 0.15) is 37.3 Å². The Morgan fingerprint density at radius 1 is 1.33 bits per heavy atom. The van der Waals surface area contributed by atoms with Crippen LogP contribution in [-0.4, -0.2) is 7.11 Å². The van der Waals surface area contributed by atoms with Crippen LogP contribution in [0.5, 0.6) is 5.75 Å². The average Bonchev–Trinajstić information content (AvgIpc) is 2.68. The van der Waals surface area contributed by atoms with Crippen molar-refractivity contribution < 1.29 is 4.74 Å². The molecule has 0 bridgehead atoms. The van der Waals surface area contributed by atoms with Gasteiger partial charge in [0.25, 0.3) is 0 Å². The van der Waals surface area contributed by atoms with Gasteiger partial charge in [-0.2, -0.15) is 0 Å². The molecule has 1 nitrogen and oxygen atoms in total. The van der Waals surface area contributed by atoms with E-state index in [0.29, 0.717) is 0 Å². The van der Waals surface area contributed by atoms with E-state index in [1.54, 1.807) is 7.11 Å². The molecule has 0 unspecified atom stereocenters.